The highest BCUT2D eigenvalue weighted by Gasteiger charge is 2.20. The Kier molecular flexibility index (Phi) is 3.64. The number of benzene rings is 2. The SMILES string of the molecule is O[C@@H]1CCc2cc(OCc3cc(F)ccc3Cl)ccc21. The number of hydrogen-bond acceptors (Lipinski definition) is 2. The number of aliphatic hydroxyl groups excluding tert-OH is 1. The van der Waals surface area contributed by atoms with E-state index in [1.54, 1.807) is 0 Å². The summed E-state index contributed by atoms with van der Waals surface area (Å²) >= 11 is 6.00. The molecule has 0 aromatic heterocycles. The van der Waals surface area contributed by atoms with Gasteiger partial charge in [0, 0.05) is 10.6 Å². The van der Waals surface area contributed by atoms with E-state index >= 15 is 0 Å². The van der Waals surface area contributed by atoms with E-state index in [-0.39, 0.29) is 18.5 Å². The minimum absolute atomic E-state index is 0.220. The zero-order valence-electron chi connectivity index (χ0n) is 10.8. The molecule has 104 valence electrons. The first-order valence-electron chi connectivity index (χ1n) is 6.51. The van der Waals surface area contributed by atoms with Gasteiger partial charge in [-0.05, 0) is 54.3 Å². The molecule has 0 spiro atoms. The molecular formula is C16H14ClFO2. The van der Waals surface area contributed by atoms with Gasteiger partial charge in [0.15, 0.2) is 0 Å². The fourth-order valence-electron chi connectivity index (χ4n) is 2.48. The van der Waals surface area contributed by atoms with Crippen LogP contribution >= 0.6 is 11.6 Å². The summed E-state index contributed by atoms with van der Waals surface area (Å²) in [6.45, 7) is 0.220. The number of rotatable bonds is 3. The summed E-state index contributed by atoms with van der Waals surface area (Å²) < 4.78 is 18.8. The van der Waals surface area contributed by atoms with Crippen LogP contribution in [-0.2, 0) is 13.0 Å². The minimum Gasteiger partial charge on any atom is -0.489 e. The second-order valence-electron chi connectivity index (χ2n) is 4.94. The van der Waals surface area contributed by atoms with Gasteiger partial charge in [-0.25, -0.2) is 4.39 Å². The molecule has 2 aromatic rings. The molecule has 1 aliphatic carbocycles. The molecule has 0 fully saturated rings. The predicted molar refractivity (Wildman–Crippen MR) is 75.5 cm³/mol. The van der Waals surface area contributed by atoms with Gasteiger partial charge in [0.25, 0.3) is 0 Å². The van der Waals surface area contributed by atoms with Gasteiger partial charge in [-0.2, -0.15) is 0 Å². The fraction of sp³-hybridized carbons (Fsp3) is 0.250. The lowest BCUT2D eigenvalue weighted by Gasteiger charge is -2.10. The molecule has 3 rings (SSSR count). The van der Waals surface area contributed by atoms with Gasteiger partial charge in [0.05, 0.1) is 6.10 Å². The predicted octanol–water partition coefficient (Wildman–Crippen LogP) is 4.04. The van der Waals surface area contributed by atoms with Gasteiger partial charge in [-0.1, -0.05) is 17.7 Å². The number of halogens is 2. The maximum atomic E-state index is 13.2. The molecule has 0 amide bonds. The van der Waals surface area contributed by atoms with Crippen molar-refractivity contribution >= 4 is 11.6 Å². The normalized spacial score (nSPS) is 17.1. The lowest BCUT2D eigenvalue weighted by atomic mass is 10.1. The largest absolute Gasteiger partial charge is 0.489 e. The first-order valence-corrected chi connectivity index (χ1v) is 6.89. The van der Waals surface area contributed by atoms with Crippen molar-refractivity contribution in [2.24, 2.45) is 0 Å². The molecule has 2 aromatic carbocycles. The second kappa shape index (κ2) is 5.43. The Morgan fingerprint density at radius 2 is 2.10 bits per heavy atom. The molecule has 1 aliphatic rings. The quantitative estimate of drug-likeness (QED) is 0.925. The number of ether oxygens (including phenoxy) is 1. The Bertz CT molecular complexity index is 642. The summed E-state index contributed by atoms with van der Waals surface area (Å²) in [6.07, 6.45) is 1.25. The standard InChI is InChI=1S/C16H14ClFO2/c17-15-5-2-12(18)7-11(15)9-20-13-3-4-14-10(8-13)1-6-16(14)19/h2-5,7-8,16,19H,1,6,9H2/t16-/m1/s1. The smallest absolute Gasteiger partial charge is 0.123 e. The van der Waals surface area contributed by atoms with Crippen LogP contribution in [0.5, 0.6) is 5.75 Å². The molecule has 0 heterocycles. The van der Waals surface area contributed by atoms with Gasteiger partial charge in [0.1, 0.15) is 18.2 Å². The Morgan fingerprint density at radius 3 is 2.95 bits per heavy atom. The van der Waals surface area contributed by atoms with E-state index in [2.05, 4.69) is 0 Å². The highest BCUT2D eigenvalue weighted by atomic mass is 35.5. The van der Waals surface area contributed by atoms with Crippen LogP contribution in [0.4, 0.5) is 4.39 Å². The maximum Gasteiger partial charge on any atom is 0.123 e. The number of aryl methyl sites for hydroxylation is 1. The summed E-state index contributed by atoms with van der Waals surface area (Å²) in [5.41, 5.74) is 2.70. The van der Waals surface area contributed by atoms with Crippen LogP contribution in [0, 0.1) is 5.82 Å². The maximum absolute atomic E-state index is 13.2. The Morgan fingerprint density at radius 1 is 1.25 bits per heavy atom. The average molecular weight is 293 g/mol. The van der Waals surface area contributed by atoms with Crippen molar-refractivity contribution in [3.8, 4) is 5.75 Å². The molecule has 0 aliphatic heterocycles. The monoisotopic (exact) mass is 292 g/mol. The van der Waals surface area contributed by atoms with Gasteiger partial charge in [0.2, 0.25) is 0 Å². The summed E-state index contributed by atoms with van der Waals surface area (Å²) in [7, 11) is 0. The molecule has 0 saturated carbocycles. The molecule has 1 atom stereocenters. The van der Waals surface area contributed by atoms with Crippen LogP contribution < -0.4 is 4.74 Å². The van der Waals surface area contributed by atoms with Crippen LogP contribution in [0.15, 0.2) is 36.4 Å². The molecule has 4 heteroatoms. The van der Waals surface area contributed by atoms with Crippen molar-refractivity contribution in [1.82, 2.24) is 0 Å². The third-order valence-electron chi connectivity index (χ3n) is 3.56. The van der Waals surface area contributed by atoms with Crippen LogP contribution in [-0.4, -0.2) is 5.11 Å². The first kappa shape index (κ1) is 13.4. The molecule has 0 saturated heterocycles. The van der Waals surface area contributed by atoms with Crippen LogP contribution in [0.2, 0.25) is 5.02 Å². The summed E-state index contributed by atoms with van der Waals surface area (Å²) in [4.78, 5) is 0. The van der Waals surface area contributed by atoms with Crippen molar-refractivity contribution in [1.29, 1.82) is 0 Å². The van der Waals surface area contributed by atoms with Crippen molar-refractivity contribution in [3.63, 3.8) is 0 Å². The third-order valence-corrected chi connectivity index (χ3v) is 3.93. The zero-order chi connectivity index (χ0) is 14.1. The Labute approximate surface area is 121 Å². The highest BCUT2D eigenvalue weighted by molar-refractivity contribution is 6.31. The molecular weight excluding hydrogens is 279 g/mol. The van der Waals surface area contributed by atoms with Crippen molar-refractivity contribution < 1.29 is 14.2 Å². The highest BCUT2D eigenvalue weighted by Crippen LogP contribution is 2.33. The Hall–Kier alpha value is -1.58. The molecule has 2 nitrogen and oxygen atoms in total. The van der Waals surface area contributed by atoms with E-state index < -0.39 is 0 Å². The fourth-order valence-corrected chi connectivity index (χ4v) is 2.65. The van der Waals surface area contributed by atoms with Gasteiger partial charge >= 0.3 is 0 Å². The molecule has 0 unspecified atom stereocenters. The van der Waals surface area contributed by atoms with Gasteiger partial charge in [-0.3, -0.25) is 0 Å². The van der Waals surface area contributed by atoms with Crippen LogP contribution in [0.25, 0.3) is 0 Å². The van der Waals surface area contributed by atoms with Gasteiger partial charge in [-0.15, -0.1) is 0 Å². The number of hydrogen-bond donors (Lipinski definition) is 1. The molecule has 20 heavy (non-hydrogen) atoms. The van der Waals surface area contributed by atoms with E-state index in [9.17, 15) is 9.50 Å². The van der Waals surface area contributed by atoms with Crippen LogP contribution in [0.1, 0.15) is 29.2 Å². The molecule has 0 radical (unpaired) electrons. The molecule has 1 N–H and O–H groups in total. The number of aliphatic hydroxyl groups is 1. The zero-order valence-corrected chi connectivity index (χ0v) is 11.5. The van der Waals surface area contributed by atoms with Crippen molar-refractivity contribution in [3.05, 3.63) is 63.9 Å². The van der Waals surface area contributed by atoms with E-state index in [0.717, 1.165) is 24.0 Å². The topological polar surface area (TPSA) is 29.5 Å². The lowest BCUT2D eigenvalue weighted by molar-refractivity contribution is 0.180. The number of fused-ring (bicyclic) bond motifs is 1. The first-order chi connectivity index (χ1) is 9.63. The van der Waals surface area contributed by atoms with E-state index in [0.29, 0.717) is 16.3 Å². The Balaban J connectivity index is 1.74. The molecule has 0 bridgehead atoms. The summed E-state index contributed by atoms with van der Waals surface area (Å²) in [5, 5.41) is 10.2. The van der Waals surface area contributed by atoms with E-state index in [1.807, 2.05) is 18.2 Å². The second-order valence-corrected chi connectivity index (χ2v) is 5.35. The lowest BCUT2D eigenvalue weighted by Crippen LogP contribution is -1.98. The summed E-state index contributed by atoms with van der Waals surface area (Å²) in [5.74, 6) is 0.378. The van der Waals surface area contributed by atoms with E-state index in [4.69, 9.17) is 16.3 Å². The van der Waals surface area contributed by atoms with Crippen molar-refractivity contribution in [2.75, 3.05) is 0 Å². The summed E-state index contributed by atoms with van der Waals surface area (Å²) in [6, 6.07) is 9.85. The van der Waals surface area contributed by atoms with Gasteiger partial charge < -0.3 is 9.84 Å². The van der Waals surface area contributed by atoms with E-state index in [1.165, 1.54) is 18.2 Å². The third kappa shape index (κ3) is 2.65. The van der Waals surface area contributed by atoms with Crippen molar-refractivity contribution in [2.45, 2.75) is 25.6 Å². The minimum atomic E-state index is -0.364. The average Bonchev–Trinajstić information content (AvgIpc) is 2.81. The van der Waals surface area contributed by atoms with Crippen LogP contribution in [0.3, 0.4) is 0 Å².